The van der Waals surface area contributed by atoms with Crippen LogP contribution in [0.4, 0.5) is 0 Å². The largest absolute Gasteiger partial charge is 0.326 e. The van der Waals surface area contributed by atoms with E-state index in [-0.39, 0.29) is 5.91 Å². The van der Waals surface area contributed by atoms with Crippen LogP contribution in [0.3, 0.4) is 0 Å². The molecule has 0 spiro atoms. The molecule has 3 rings (SSSR count). The first-order valence-electron chi connectivity index (χ1n) is 9.89. The summed E-state index contributed by atoms with van der Waals surface area (Å²) >= 11 is 6.07. The molecular weight excluding hydrogens is 360 g/mol. The highest BCUT2D eigenvalue weighted by Gasteiger charge is 2.39. The van der Waals surface area contributed by atoms with Crippen LogP contribution in [0, 0.1) is 11.3 Å². The van der Waals surface area contributed by atoms with E-state index in [2.05, 4.69) is 21.9 Å². The molecular formula is C21H29ClN4O. The molecule has 1 aromatic rings. The van der Waals surface area contributed by atoms with Crippen molar-refractivity contribution in [1.82, 2.24) is 14.7 Å². The maximum Gasteiger partial charge on any atom is 0.237 e. The lowest BCUT2D eigenvalue weighted by Gasteiger charge is -2.41. The normalized spacial score (nSPS) is 20.8. The molecule has 2 aliphatic rings. The molecule has 1 aliphatic heterocycles. The molecule has 1 aromatic carbocycles. The van der Waals surface area contributed by atoms with E-state index in [9.17, 15) is 10.1 Å². The number of hydrogen-bond donors (Lipinski definition) is 0. The van der Waals surface area contributed by atoms with Gasteiger partial charge >= 0.3 is 0 Å². The van der Waals surface area contributed by atoms with Crippen LogP contribution in [0.5, 0.6) is 0 Å². The number of carbonyl (C=O) groups excluding carboxylic acids is 1. The fraction of sp³-hybridized carbons (Fsp3) is 0.619. The summed E-state index contributed by atoms with van der Waals surface area (Å²) in [5.41, 5.74) is 0.629. The fourth-order valence-electron chi connectivity index (χ4n) is 4.19. The van der Waals surface area contributed by atoms with Crippen molar-refractivity contribution in [1.29, 1.82) is 5.26 Å². The summed E-state index contributed by atoms with van der Waals surface area (Å²) in [4.78, 5) is 19.1. The van der Waals surface area contributed by atoms with Crippen molar-refractivity contribution < 1.29 is 4.79 Å². The molecule has 0 atom stereocenters. The van der Waals surface area contributed by atoms with Crippen molar-refractivity contribution in [3.05, 3.63) is 34.9 Å². The van der Waals surface area contributed by atoms with E-state index in [1.807, 2.05) is 25.2 Å². The number of nitriles is 1. The van der Waals surface area contributed by atoms with E-state index in [0.717, 1.165) is 63.4 Å². The molecule has 27 heavy (non-hydrogen) atoms. The summed E-state index contributed by atoms with van der Waals surface area (Å²) in [5.74, 6) is 0.0711. The number of amides is 1. The minimum absolute atomic E-state index is 0.0711. The zero-order valence-corrected chi connectivity index (χ0v) is 16.9. The van der Waals surface area contributed by atoms with Crippen LogP contribution in [-0.4, -0.2) is 65.9 Å². The minimum Gasteiger partial charge on any atom is -0.326 e. The third-order valence-electron chi connectivity index (χ3n) is 6.02. The molecule has 0 radical (unpaired) electrons. The molecule has 1 amide bonds. The third kappa shape index (κ3) is 5.01. The lowest BCUT2D eigenvalue weighted by Crippen LogP contribution is -2.54. The Morgan fingerprint density at radius 1 is 1.19 bits per heavy atom. The number of halogens is 1. The lowest BCUT2D eigenvalue weighted by atomic mass is 9.81. The predicted molar refractivity (Wildman–Crippen MR) is 107 cm³/mol. The van der Waals surface area contributed by atoms with Gasteiger partial charge in [-0.05, 0) is 30.5 Å². The Bertz CT molecular complexity index is 688. The molecule has 0 N–H and O–H groups in total. The van der Waals surface area contributed by atoms with Crippen molar-refractivity contribution in [2.75, 3.05) is 39.8 Å². The van der Waals surface area contributed by atoms with Gasteiger partial charge in [0.25, 0.3) is 0 Å². The zero-order valence-electron chi connectivity index (χ0n) is 16.2. The van der Waals surface area contributed by atoms with Crippen LogP contribution in [0.1, 0.15) is 37.7 Å². The highest BCUT2D eigenvalue weighted by atomic mass is 35.5. The molecule has 1 aliphatic carbocycles. The number of likely N-dealkylation sites (N-methyl/N-ethyl adjacent to an activating group) is 1. The van der Waals surface area contributed by atoms with Crippen LogP contribution in [0.25, 0.3) is 0 Å². The first-order valence-corrected chi connectivity index (χ1v) is 10.3. The van der Waals surface area contributed by atoms with E-state index in [4.69, 9.17) is 11.6 Å². The smallest absolute Gasteiger partial charge is 0.237 e. The van der Waals surface area contributed by atoms with Gasteiger partial charge in [0.15, 0.2) is 0 Å². The molecule has 1 saturated heterocycles. The second kappa shape index (κ2) is 9.05. The van der Waals surface area contributed by atoms with Crippen molar-refractivity contribution in [2.45, 2.75) is 44.2 Å². The lowest BCUT2D eigenvalue weighted by molar-refractivity contribution is -0.136. The summed E-state index contributed by atoms with van der Waals surface area (Å²) in [6.07, 6.45) is 4.85. The monoisotopic (exact) mass is 388 g/mol. The van der Waals surface area contributed by atoms with Crippen LogP contribution in [0.15, 0.2) is 24.3 Å². The van der Waals surface area contributed by atoms with Gasteiger partial charge in [-0.2, -0.15) is 5.26 Å². The maximum atomic E-state index is 12.8. The average Bonchev–Trinajstić information content (AvgIpc) is 2.69. The van der Waals surface area contributed by atoms with Gasteiger partial charge in [-0.25, -0.2) is 0 Å². The number of rotatable bonds is 5. The molecule has 1 heterocycles. The van der Waals surface area contributed by atoms with Crippen molar-refractivity contribution >= 4 is 17.5 Å². The van der Waals surface area contributed by atoms with Gasteiger partial charge in [0.2, 0.25) is 5.91 Å². The standard InChI is InChI=1S/C21H29ClN4O/c1-24(21(17-23)8-3-2-4-9-21)20(27)16-26-12-10-25(11-13-26)15-18-6-5-7-19(22)14-18/h5-7,14H,2-4,8-13,15-16H2,1H3. The number of hydrogen-bond acceptors (Lipinski definition) is 4. The van der Waals surface area contributed by atoms with Gasteiger partial charge in [-0.1, -0.05) is 43.0 Å². The molecule has 0 unspecified atom stereocenters. The highest BCUT2D eigenvalue weighted by Crippen LogP contribution is 2.32. The fourth-order valence-corrected chi connectivity index (χ4v) is 4.41. The second-order valence-electron chi connectivity index (χ2n) is 7.84. The van der Waals surface area contributed by atoms with E-state index >= 15 is 0 Å². The number of benzene rings is 1. The molecule has 0 aromatic heterocycles. The Morgan fingerprint density at radius 3 is 2.48 bits per heavy atom. The first-order chi connectivity index (χ1) is 13.0. The molecule has 5 nitrogen and oxygen atoms in total. The quantitative estimate of drug-likeness (QED) is 0.777. The van der Waals surface area contributed by atoms with Gasteiger partial charge in [-0.3, -0.25) is 14.6 Å². The molecule has 6 heteroatoms. The topological polar surface area (TPSA) is 50.6 Å². The van der Waals surface area contributed by atoms with E-state index in [1.165, 1.54) is 12.0 Å². The minimum atomic E-state index is -0.594. The molecule has 1 saturated carbocycles. The number of nitrogens with zero attached hydrogens (tertiary/aromatic N) is 4. The SMILES string of the molecule is CN(C(=O)CN1CCN(Cc2cccc(Cl)c2)CC1)C1(C#N)CCCCC1. The van der Waals surface area contributed by atoms with Gasteiger partial charge in [-0.15, -0.1) is 0 Å². The van der Waals surface area contributed by atoms with Crippen molar-refractivity contribution in [3.8, 4) is 6.07 Å². The Morgan fingerprint density at radius 2 is 1.85 bits per heavy atom. The molecule has 2 fully saturated rings. The zero-order chi connectivity index (χ0) is 19.3. The first kappa shape index (κ1) is 20.1. The average molecular weight is 389 g/mol. The molecule has 0 bridgehead atoms. The Balaban J connectivity index is 1.48. The van der Waals surface area contributed by atoms with E-state index < -0.39 is 5.54 Å². The number of carbonyl (C=O) groups is 1. The van der Waals surface area contributed by atoms with Crippen molar-refractivity contribution in [3.63, 3.8) is 0 Å². The summed E-state index contributed by atoms with van der Waals surface area (Å²) in [6.45, 7) is 4.92. The van der Waals surface area contributed by atoms with Crippen LogP contribution < -0.4 is 0 Å². The van der Waals surface area contributed by atoms with E-state index in [0.29, 0.717) is 6.54 Å². The summed E-state index contributed by atoms with van der Waals surface area (Å²) in [7, 11) is 1.81. The van der Waals surface area contributed by atoms with Crippen molar-refractivity contribution in [2.24, 2.45) is 0 Å². The van der Waals surface area contributed by atoms with E-state index in [1.54, 1.807) is 4.90 Å². The summed E-state index contributed by atoms with van der Waals surface area (Å²) < 4.78 is 0. The highest BCUT2D eigenvalue weighted by molar-refractivity contribution is 6.30. The predicted octanol–water partition coefficient (Wildman–Crippen LogP) is 3.14. The Kier molecular flexibility index (Phi) is 6.75. The van der Waals surface area contributed by atoms with Gasteiger partial charge in [0.05, 0.1) is 12.6 Å². The van der Waals surface area contributed by atoms with Crippen LogP contribution >= 0.6 is 11.6 Å². The number of piperazine rings is 1. The third-order valence-corrected chi connectivity index (χ3v) is 6.26. The van der Waals surface area contributed by atoms with Gasteiger partial charge in [0.1, 0.15) is 5.54 Å². The van der Waals surface area contributed by atoms with Gasteiger partial charge < -0.3 is 4.90 Å². The van der Waals surface area contributed by atoms with Crippen LogP contribution in [-0.2, 0) is 11.3 Å². The summed E-state index contributed by atoms with van der Waals surface area (Å²) in [6, 6.07) is 10.4. The van der Waals surface area contributed by atoms with Crippen LogP contribution in [0.2, 0.25) is 5.02 Å². The molecule has 146 valence electrons. The Hall–Kier alpha value is -1.61. The summed E-state index contributed by atoms with van der Waals surface area (Å²) in [5, 5.41) is 10.5. The van der Waals surface area contributed by atoms with Gasteiger partial charge in [0, 0.05) is 44.8 Å². The second-order valence-corrected chi connectivity index (χ2v) is 8.28. The Labute approximate surface area is 167 Å². The maximum absolute atomic E-state index is 12.8.